The Morgan fingerprint density at radius 1 is 1.07 bits per heavy atom. The molecule has 1 fully saturated rings. The van der Waals surface area contributed by atoms with Crippen molar-refractivity contribution < 1.29 is 23.1 Å². The molecule has 162 valence electrons. The molecule has 0 radical (unpaired) electrons. The van der Waals surface area contributed by atoms with Crippen LogP contribution in [0.3, 0.4) is 0 Å². The number of carbonyl (C=O) groups excluding carboxylic acids is 1. The molecule has 2 aromatic rings. The van der Waals surface area contributed by atoms with Gasteiger partial charge in [0.15, 0.2) is 0 Å². The minimum atomic E-state index is -3.97. The number of aliphatic hydroxyl groups is 1. The van der Waals surface area contributed by atoms with Crippen molar-refractivity contribution in [3.63, 3.8) is 0 Å². The number of aryl methyl sites for hydroxylation is 1. The van der Waals surface area contributed by atoms with Gasteiger partial charge < -0.3 is 20.1 Å². The van der Waals surface area contributed by atoms with Gasteiger partial charge in [-0.15, -0.1) is 0 Å². The molecule has 1 aliphatic heterocycles. The second-order valence-electron chi connectivity index (χ2n) is 7.29. The summed E-state index contributed by atoms with van der Waals surface area (Å²) in [5, 5.41) is 12.7. The van der Waals surface area contributed by atoms with Crippen LogP contribution in [0, 0.1) is 6.92 Å². The van der Waals surface area contributed by atoms with E-state index in [1.807, 2.05) is 19.1 Å². The predicted octanol–water partition coefficient (Wildman–Crippen LogP) is 1.50. The summed E-state index contributed by atoms with van der Waals surface area (Å²) in [6.45, 7) is 6.17. The summed E-state index contributed by atoms with van der Waals surface area (Å²) < 4.78 is 32.9. The average Bonchev–Trinajstić information content (AvgIpc) is 2.73. The third kappa shape index (κ3) is 5.57. The Hall–Kier alpha value is -2.46. The molecule has 0 aliphatic carbocycles. The second-order valence-corrected chi connectivity index (χ2v) is 9.00. The average molecular weight is 434 g/mol. The van der Waals surface area contributed by atoms with Crippen LogP contribution in [0.1, 0.15) is 12.5 Å². The van der Waals surface area contributed by atoms with Gasteiger partial charge in [0.2, 0.25) is 15.9 Å². The Labute approximate surface area is 176 Å². The van der Waals surface area contributed by atoms with Gasteiger partial charge in [0.1, 0.15) is 6.04 Å². The molecule has 30 heavy (non-hydrogen) atoms. The van der Waals surface area contributed by atoms with E-state index in [2.05, 4.69) is 14.9 Å². The fourth-order valence-electron chi connectivity index (χ4n) is 3.12. The van der Waals surface area contributed by atoms with E-state index in [9.17, 15) is 18.3 Å². The third-order valence-corrected chi connectivity index (χ3v) is 6.35. The number of hydrogen-bond acceptors (Lipinski definition) is 6. The van der Waals surface area contributed by atoms with Crippen molar-refractivity contribution in [2.75, 3.05) is 36.5 Å². The zero-order chi connectivity index (χ0) is 21.7. The van der Waals surface area contributed by atoms with Crippen LogP contribution in [-0.2, 0) is 19.6 Å². The molecule has 1 saturated heterocycles. The highest BCUT2D eigenvalue weighted by Gasteiger charge is 2.29. The first kappa shape index (κ1) is 22.2. The van der Waals surface area contributed by atoms with Crippen LogP contribution in [0.2, 0.25) is 0 Å². The highest BCUT2D eigenvalue weighted by molar-refractivity contribution is 7.89. The molecule has 2 aromatic carbocycles. The van der Waals surface area contributed by atoms with E-state index in [0.717, 1.165) is 24.3 Å². The van der Waals surface area contributed by atoms with Crippen molar-refractivity contribution >= 4 is 27.3 Å². The van der Waals surface area contributed by atoms with E-state index in [4.69, 9.17) is 4.74 Å². The Balaban J connectivity index is 1.68. The number of carbonyl (C=O) groups is 1. The first-order valence-corrected chi connectivity index (χ1v) is 11.3. The zero-order valence-electron chi connectivity index (χ0n) is 17.0. The number of rotatable bonds is 7. The number of morpholine rings is 1. The molecule has 2 atom stereocenters. The number of sulfonamides is 1. The summed E-state index contributed by atoms with van der Waals surface area (Å²) in [5.41, 5.74) is 2.44. The van der Waals surface area contributed by atoms with Crippen molar-refractivity contribution in [2.45, 2.75) is 30.9 Å². The quantitative estimate of drug-likeness (QED) is 0.611. The lowest BCUT2D eigenvalue weighted by Gasteiger charge is -2.29. The SMILES string of the molecule is Cc1ccc(S(=O)(=O)N[C@H](C(=O)Nc2ccc(N3CCOCC3)cc2)[C@H](C)O)cc1. The summed E-state index contributed by atoms with van der Waals surface area (Å²) in [6.07, 6.45) is -1.22. The third-order valence-electron chi connectivity index (χ3n) is 4.89. The van der Waals surface area contributed by atoms with E-state index in [-0.39, 0.29) is 4.90 Å². The summed E-state index contributed by atoms with van der Waals surface area (Å²) in [6, 6.07) is 12.2. The van der Waals surface area contributed by atoms with Gasteiger partial charge in [0, 0.05) is 24.5 Å². The fourth-order valence-corrected chi connectivity index (χ4v) is 4.39. The normalized spacial score (nSPS) is 16.7. The first-order valence-electron chi connectivity index (χ1n) is 9.77. The van der Waals surface area contributed by atoms with Crippen LogP contribution in [0.15, 0.2) is 53.4 Å². The summed E-state index contributed by atoms with van der Waals surface area (Å²) in [4.78, 5) is 14.9. The fraction of sp³-hybridized carbons (Fsp3) is 0.381. The van der Waals surface area contributed by atoms with Crippen LogP contribution in [-0.4, -0.2) is 57.9 Å². The van der Waals surface area contributed by atoms with E-state index < -0.39 is 28.1 Å². The van der Waals surface area contributed by atoms with Gasteiger partial charge in [-0.2, -0.15) is 4.72 Å². The van der Waals surface area contributed by atoms with Crippen molar-refractivity contribution in [3.05, 3.63) is 54.1 Å². The smallest absolute Gasteiger partial charge is 0.245 e. The maximum absolute atomic E-state index is 12.7. The Bertz CT molecular complexity index is 953. The molecule has 1 amide bonds. The van der Waals surface area contributed by atoms with Crippen molar-refractivity contribution in [2.24, 2.45) is 0 Å². The molecule has 0 unspecified atom stereocenters. The van der Waals surface area contributed by atoms with Gasteiger partial charge in [-0.3, -0.25) is 4.79 Å². The molecule has 0 bridgehead atoms. The molecule has 8 nitrogen and oxygen atoms in total. The number of anilines is 2. The van der Waals surface area contributed by atoms with Gasteiger partial charge in [0.05, 0.1) is 24.2 Å². The van der Waals surface area contributed by atoms with Gasteiger partial charge in [-0.1, -0.05) is 17.7 Å². The molecular formula is C21H27N3O5S. The number of benzene rings is 2. The van der Waals surface area contributed by atoms with Crippen molar-refractivity contribution in [1.82, 2.24) is 4.72 Å². The minimum absolute atomic E-state index is 0.0291. The minimum Gasteiger partial charge on any atom is -0.391 e. The monoisotopic (exact) mass is 433 g/mol. The summed E-state index contributed by atoms with van der Waals surface area (Å²) in [7, 11) is -3.97. The van der Waals surface area contributed by atoms with Gasteiger partial charge in [0.25, 0.3) is 0 Å². The van der Waals surface area contributed by atoms with Gasteiger partial charge in [-0.05, 0) is 50.2 Å². The first-order chi connectivity index (χ1) is 14.3. The molecule has 3 rings (SSSR count). The zero-order valence-corrected chi connectivity index (χ0v) is 17.9. The topological polar surface area (TPSA) is 108 Å². The maximum atomic E-state index is 12.7. The van der Waals surface area contributed by atoms with Gasteiger partial charge in [-0.25, -0.2) is 8.42 Å². The van der Waals surface area contributed by atoms with Crippen LogP contribution in [0.25, 0.3) is 0 Å². The molecule has 3 N–H and O–H groups in total. The summed E-state index contributed by atoms with van der Waals surface area (Å²) in [5.74, 6) is -0.639. The lowest BCUT2D eigenvalue weighted by atomic mass is 10.1. The van der Waals surface area contributed by atoms with E-state index in [1.165, 1.54) is 19.1 Å². The number of nitrogens with one attached hydrogen (secondary N) is 2. The number of aliphatic hydroxyl groups excluding tert-OH is 1. The largest absolute Gasteiger partial charge is 0.391 e. The molecule has 1 heterocycles. The van der Waals surface area contributed by atoms with Crippen LogP contribution in [0.5, 0.6) is 0 Å². The van der Waals surface area contributed by atoms with Crippen LogP contribution in [0.4, 0.5) is 11.4 Å². The number of ether oxygens (including phenoxy) is 1. The Kier molecular flexibility index (Phi) is 7.09. The predicted molar refractivity (Wildman–Crippen MR) is 115 cm³/mol. The molecular weight excluding hydrogens is 406 g/mol. The number of amides is 1. The van der Waals surface area contributed by atoms with E-state index >= 15 is 0 Å². The highest BCUT2D eigenvalue weighted by atomic mass is 32.2. The second kappa shape index (κ2) is 9.57. The molecule has 0 spiro atoms. The van der Waals surface area contributed by atoms with Crippen molar-refractivity contribution in [3.8, 4) is 0 Å². The summed E-state index contributed by atoms with van der Waals surface area (Å²) >= 11 is 0. The van der Waals surface area contributed by atoms with Crippen LogP contribution >= 0.6 is 0 Å². The van der Waals surface area contributed by atoms with Gasteiger partial charge >= 0.3 is 0 Å². The number of hydrogen-bond donors (Lipinski definition) is 3. The lowest BCUT2D eigenvalue weighted by molar-refractivity contribution is -0.119. The molecule has 9 heteroatoms. The Morgan fingerprint density at radius 2 is 1.67 bits per heavy atom. The van der Waals surface area contributed by atoms with Crippen molar-refractivity contribution in [1.29, 1.82) is 0 Å². The molecule has 1 aliphatic rings. The highest BCUT2D eigenvalue weighted by Crippen LogP contribution is 2.19. The maximum Gasteiger partial charge on any atom is 0.245 e. The Morgan fingerprint density at radius 3 is 2.23 bits per heavy atom. The standard InChI is InChI=1S/C21H27N3O5S/c1-15-3-9-19(10-4-15)30(27,28)23-20(16(2)25)21(26)22-17-5-7-18(8-6-17)24-11-13-29-14-12-24/h3-10,16,20,23,25H,11-14H2,1-2H3,(H,22,26)/t16-,20-/m0/s1. The molecule has 0 aromatic heterocycles. The van der Waals surface area contributed by atoms with E-state index in [0.29, 0.717) is 18.9 Å². The van der Waals surface area contributed by atoms with Crippen LogP contribution < -0.4 is 14.9 Å². The number of nitrogens with zero attached hydrogens (tertiary/aromatic N) is 1. The van der Waals surface area contributed by atoms with E-state index in [1.54, 1.807) is 24.3 Å². The molecule has 0 saturated carbocycles. The lowest BCUT2D eigenvalue weighted by Crippen LogP contribution is -2.50.